The predicted molar refractivity (Wildman–Crippen MR) is 95.6 cm³/mol. The zero-order chi connectivity index (χ0) is 17.2. The van der Waals surface area contributed by atoms with Crippen molar-refractivity contribution in [3.63, 3.8) is 0 Å². The number of hydrogen-bond donors (Lipinski definition) is 0. The SMILES string of the molecule is O=C(c1nc(N2CCCC2)ncc1Cl)N(Cc1cccnc1)C1CC1. The maximum absolute atomic E-state index is 13.1. The van der Waals surface area contributed by atoms with Crippen LogP contribution in [0.5, 0.6) is 0 Å². The van der Waals surface area contributed by atoms with Crippen LogP contribution >= 0.6 is 11.6 Å². The molecule has 0 aromatic carbocycles. The van der Waals surface area contributed by atoms with E-state index in [-0.39, 0.29) is 11.9 Å². The molecule has 1 saturated heterocycles. The second-order valence-electron chi connectivity index (χ2n) is 6.59. The Kier molecular flexibility index (Phi) is 4.53. The number of pyridine rings is 1. The van der Waals surface area contributed by atoms with Crippen LogP contribution in [-0.4, -0.2) is 44.9 Å². The molecule has 2 fully saturated rings. The highest BCUT2D eigenvalue weighted by Crippen LogP contribution is 2.31. The van der Waals surface area contributed by atoms with Gasteiger partial charge in [-0.15, -0.1) is 0 Å². The van der Waals surface area contributed by atoms with Crippen LogP contribution in [0.4, 0.5) is 5.95 Å². The first-order valence-corrected chi connectivity index (χ1v) is 9.07. The molecule has 0 atom stereocenters. The summed E-state index contributed by atoms with van der Waals surface area (Å²) in [6.45, 7) is 2.38. The van der Waals surface area contributed by atoms with E-state index in [4.69, 9.17) is 11.6 Å². The Labute approximate surface area is 151 Å². The third kappa shape index (κ3) is 3.58. The van der Waals surface area contributed by atoms with Crippen molar-refractivity contribution in [2.75, 3.05) is 18.0 Å². The van der Waals surface area contributed by atoms with Gasteiger partial charge in [0.2, 0.25) is 5.95 Å². The number of hydrogen-bond acceptors (Lipinski definition) is 5. The third-order valence-electron chi connectivity index (χ3n) is 4.65. The van der Waals surface area contributed by atoms with Gasteiger partial charge in [-0.05, 0) is 37.3 Å². The van der Waals surface area contributed by atoms with Crippen LogP contribution in [0, 0.1) is 0 Å². The fraction of sp³-hybridized carbons (Fsp3) is 0.444. The van der Waals surface area contributed by atoms with E-state index in [1.54, 1.807) is 18.6 Å². The van der Waals surface area contributed by atoms with E-state index in [2.05, 4.69) is 19.9 Å². The number of carbonyl (C=O) groups is 1. The Morgan fingerprint density at radius 1 is 1.28 bits per heavy atom. The lowest BCUT2D eigenvalue weighted by molar-refractivity contribution is 0.0724. The monoisotopic (exact) mass is 357 g/mol. The molecule has 0 radical (unpaired) electrons. The molecule has 4 rings (SSSR count). The average Bonchev–Trinajstić information content (AvgIpc) is 3.34. The van der Waals surface area contributed by atoms with Crippen molar-refractivity contribution in [1.29, 1.82) is 0 Å². The molecule has 7 heteroatoms. The third-order valence-corrected chi connectivity index (χ3v) is 4.92. The summed E-state index contributed by atoms with van der Waals surface area (Å²) in [4.78, 5) is 30.0. The Morgan fingerprint density at radius 2 is 2.08 bits per heavy atom. The molecule has 1 amide bonds. The van der Waals surface area contributed by atoms with Crippen molar-refractivity contribution >= 4 is 23.5 Å². The maximum Gasteiger partial charge on any atom is 0.274 e. The average molecular weight is 358 g/mol. The zero-order valence-electron chi connectivity index (χ0n) is 13.9. The Morgan fingerprint density at radius 3 is 2.76 bits per heavy atom. The fourth-order valence-corrected chi connectivity index (χ4v) is 3.33. The Hall–Kier alpha value is -2.21. The van der Waals surface area contributed by atoms with Crippen molar-refractivity contribution in [2.24, 2.45) is 0 Å². The Balaban J connectivity index is 1.60. The molecule has 130 valence electrons. The van der Waals surface area contributed by atoms with Crippen LogP contribution in [0.15, 0.2) is 30.7 Å². The van der Waals surface area contributed by atoms with Gasteiger partial charge in [-0.2, -0.15) is 0 Å². The summed E-state index contributed by atoms with van der Waals surface area (Å²) in [5, 5.41) is 0.310. The quantitative estimate of drug-likeness (QED) is 0.823. The topological polar surface area (TPSA) is 62.2 Å². The lowest BCUT2D eigenvalue weighted by atomic mass is 10.2. The summed E-state index contributed by atoms with van der Waals surface area (Å²) in [5.74, 6) is 0.474. The maximum atomic E-state index is 13.1. The molecular formula is C18H20ClN5O. The molecule has 2 aliphatic rings. The molecular weight excluding hydrogens is 338 g/mol. The molecule has 3 heterocycles. The predicted octanol–water partition coefficient (Wildman–Crippen LogP) is 2.93. The van der Waals surface area contributed by atoms with Gasteiger partial charge in [-0.25, -0.2) is 9.97 Å². The first kappa shape index (κ1) is 16.3. The summed E-state index contributed by atoms with van der Waals surface area (Å²) >= 11 is 6.27. The first-order valence-electron chi connectivity index (χ1n) is 8.70. The molecule has 1 saturated carbocycles. The number of halogens is 1. The summed E-state index contributed by atoms with van der Waals surface area (Å²) in [6.07, 6.45) is 9.37. The molecule has 0 bridgehead atoms. The van der Waals surface area contributed by atoms with E-state index < -0.39 is 0 Å². The molecule has 1 aliphatic heterocycles. The summed E-state index contributed by atoms with van der Waals surface area (Å²) in [7, 11) is 0. The highest BCUT2D eigenvalue weighted by Gasteiger charge is 2.35. The van der Waals surface area contributed by atoms with Gasteiger partial charge in [-0.3, -0.25) is 9.78 Å². The van der Waals surface area contributed by atoms with Gasteiger partial charge >= 0.3 is 0 Å². The van der Waals surface area contributed by atoms with Crippen LogP contribution in [0.3, 0.4) is 0 Å². The van der Waals surface area contributed by atoms with Crippen LogP contribution in [-0.2, 0) is 6.54 Å². The first-order chi connectivity index (χ1) is 12.2. The van der Waals surface area contributed by atoms with E-state index in [1.165, 1.54) is 0 Å². The van der Waals surface area contributed by atoms with Crippen molar-refractivity contribution in [1.82, 2.24) is 19.9 Å². The molecule has 0 N–H and O–H groups in total. The van der Waals surface area contributed by atoms with Gasteiger partial charge in [0.05, 0.1) is 11.2 Å². The van der Waals surface area contributed by atoms with Crippen molar-refractivity contribution in [3.05, 3.63) is 47.0 Å². The minimum Gasteiger partial charge on any atom is -0.341 e. The summed E-state index contributed by atoms with van der Waals surface area (Å²) in [5.41, 5.74) is 1.31. The van der Waals surface area contributed by atoms with Crippen molar-refractivity contribution < 1.29 is 4.79 Å². The van der Waals surface area contributed by atoms with E-state index in [0.29, 0.717) is 23.2 Å². The van der Waals surface area contributed by atoms with Crippen LogP contribution in [0.2, 0.25) is 5.02 Å². The van der Waals surface area contributed by atoms with Gasteiger partial charge in [0.25, 0.3) is 5.91 Å². The van der Waals surface area contributed by atoms with E-state index in [9.17, 15) is 4.79 Å². The number of carbonyl (C=O) groups excluding carboxylic acids is 1. The second-order valence-corrected chi connectivity index (χ2v) is 6.99. The van der Waals surface area contributed by atoms with Gasteiger partial charge < -0.3 is 9.80 Å². The van der Waals surface area contributed by atoms with Crippen LogP contribution in [0.25, 0.3) is 0 Å². The van der Waals surface area contributed by atoms with Crippen molar-refractivity contribution in [2.45, 2.75) is 38.3 Å². The summed E-state index contributed by atoms with van der Waals surface area (Å²) < 4.78 is 0. The number of amides is 1. The largest absolute Gasteiger partial charge is 0.341 e. The minimum absolute atomic E-state index is 0.126. The number of aromatic nitrogens is 3. The fourth-order valence-electron chi connectivity index (χ4n) is 3.15. The lowest BCUT2D eigenvalue weighted by Crippen LogP contribution is -2.34. The van der Waals surface area contributed by atoms with Crippen molar-refractivity contribution in [3.8, 4) is 0 Å². The molecule has 6 nitrogen and oxygen atoms in total. The van der Waals surface area contributed by atoms with Gasteiger partial charge in [0.15, 0.2) is 5.69 Å². The molecule has 2 aromatic heterocycles. The number of anilines is 1. The van der Waals surface area contributed by atoms with E-state index in [1.807, 2.05) is 17.0 Å². The number of nitrogens with zero attached hydrogens (tertiary/aromatic N) is 5. The molecule has 1 aliphatic carbocycles. The van der Waals surface area contributed by atoms with Gasteiger partial charge in [-0.1, -0.05) is 17.7 Å². The molecule has 0 unspecified atom stereocenters. The highest BCUT2D eigenvalue weighted by atomic mass is 35.5. The molecule has 0 spiro atoms. The van der Waals surface area contributed by atoms with Gasteiger partial charge in [0.1, 0.15) is 0 Å². The molecule has 25 heavy (non-hydrogen) atoms. The van der Waals surface area contributed by atoms with E-state index >= 15 is 0 Å². The highest BCUT2D eigenvalue weighted by molar-refractivity contribution is 6.33. The van der Waals surface area contributed by atoms with Crippen LogP contribution < -0.4 is 4.90 Å². The zero-order valence-corrected chi connectivity index (χ0v) is 14.7. The normalized spacial score (nSPS) is 16.9. The lowest BCUT2D eigenvalue weighted by Gasteiger charge is -2.23. The van der Waals surface area contributed by atoms with E-state index in [0.717, 1.165) is 44.3 Å². The van der Waals surface area contributed by atoms with Gasteiger partial charge in [0, 0.05) is 38.1 Å². The minimum atomic E-state index is -0.126. The second kappa shape index (κ2) is 6.96. The Bertz CT molecular complexity index is 759. The molecule has 2 aromatic rings. The standard InChI is InChI=1S/C18H20ClN5O/c19-15-11-21-18(23-8-1-2-9-23)22-16(15)17(25)24(14-5-6-14)12-13-4-3-7-20-10-13/h3-4,7,10-11,14H,1-2,5-6,8-9,12H2. The summed E-state index contributed by atoms with van der Waals surface area (Å²) in [6, 6.07) is 4.12. The smallest absolute Gasteiger partial charge is 0.274 e. The number of rotatable bonds is 5. The van der Waals surface area contributed by atoms with Crippen LogP contribution in [0.1, 0.15) is 41.7 Å².